The Bertz CT molecular complexity index is 1470. The van der Waals surface area contributed by atoms with E-state index in [9.17, 15) is 29.2 Å². The minimum Gasteiger partial charge on any atom is -0.496 e. The lowest BCUT2D eigenvalue weighted by atomic mass is 9.87. The smallest absolute Gasteiger partial charge is 0.326 e. The van der Waals surface area contributed by atoms with Gasteiger partial charge in [0, 0.05) is 22.9 Å². The summed E-state index contributed by atoms with van der Waals surface area (Å²) < 4.78 is 10.5. The van der Waals surface area contributed by atoms with Gasteiger partial charge in [-0.25, -0.2) is 0 Å². The van der Waals surface area contributed by atoms with Gasteiger partial charge in [0.1, 0.15) is 22.9 Å². The van der Waals surface area contributed by atoms with E-state index in [1.165, 1.54) is 21.0 Å². The Kier molecular flexibility index (Phi) is 11.0. The van der Waals surface area contributed by atoms with Crippen molar-refractivity contribution in [1.29, 1.82) is 5.26 Å². The van der Waals surface area contributed by atoms with Crippen LogP contribution in [0.25, 0.3) is 10.9 Å². The van der Waals surface area contributed by atoms with Gasteiger partial charge < -0.3 is 30.4 Å². The molecule has 13 heteroatoms. The number of fused-ring (bicyclic) bond motifs is 1. The Labute approximate surface area is 261 Å². The maximum atomic E-state index is 13.7. The number of hydrogen-bond acceptors (Lipinski definition) is 8. The predicted molar refractivity (Wildman–Crippen MR) is 163 cm³/mol. The van der Waals surface area contributed by atoms with E-state index in [0.717, 1.165) is 0 Å². The molecule has 1 aromatic carbocycles. The zero-order valence-electron chi connectivity index (χ0n) is 25.9. The summed E-state index contributed by atoms with van der Waals surface area (Å²) in [6.45, 7) is 8.26. The molecule has 2 aromatic rings. The maximum absolute atomic E-state index is 13.7. The first kappa shape index (κ1) is 34.4. The topological polar surface area (TPSA) is 179 Å². The Morgan fingerprint density at radius 3 is 2.43 bits per heavy atom. The lowest BCUT2D eigenvalue weighted by molar-refractivity contribution is -0.154. The zero-order chi connectivity index (χ0) is 32.8. The first-order valence-corrected chi connectivity index (χ1v) is 14.8. The largest absolute Gasteiger partial charge is 0.496 e. The number of piperidine rings is 1. The molecule has 44 heavy (non-hydrogen) atoms. The van der Waals surface area contributed by atoms with Crippen LogP contribution in [0.2, 0.25) is 5.02 Å². The fourth-order valence-corrected chi connectivity index (χ4v) is 5.08. The van der Waals surface area contributed by atoms with E-state index in [1.54, 1.807) is 18.2 Å². The van der Waals surface area contributed by atoms with Gasteiger partial charge >= 0.3 is 5.97 Å². The fraction of sp³-hybridized carbons (Fsp3) is 0.548. The third kappa shape index (κ3) is 8.95. The fourth-order valence-electron chi connectivity index (χ4n) is 4.87. The Balaban J connectivity index is 1.84. The van der Waals surface area contributed by atoms with Crippen LogP contribution < -0.4 is 20.7 Å². The minimum atomic E-state index is -1.47. The standard InChI is InChI=1S/C31H40ClN5O7/c1-30(2,3)14-23(37-27(40)22-13-19-20(35-22)11-18(32)12-25(19)43-6)28(41)36-21(10-17-8-7-9-34-26(17)39)24(38)15-44-29(42)31(4,5)16-33/h11-13,17,21,23,35H,7-10,14-15H2,1-6H3,(H,34,39)(H,36,41)(H,37,40)/t17-,21-,23-/m0/s1. The second-order valence-electron chi connectivity index (χ2n) is 12.7. The highest BCUT2D eigenvalue weighted by Crippen LogP contribution is 2.30. The number of aromatic amines is 1. The molecular weight excluding hydrogens is 590 g/mol. The summed E-state index contributed by atoms with van der Waals surface area (Å²) in [6, 6.07) is 4.44. The highest BCUT2D eigenvalue weighted by atomic mass is 35.5. The first-order chi connectivity index (χ1) is 20.5. The predicted octanol–water partition coefficient (Wildman–Crippen LogP) is 3.43. The highest BCUT2D eigenvalue weighted by molar-refractivity contribution is 6.31. The summed E-state index contributed by atoms with van der Waals surface area (Å²) in [7, 11) is 1.49. The molecule has 1 aliphatic heterocycles. The van der Waals surface area contributed by atoms with Gasteiger partial charge in [0.2, 0.25) is 11.8 Å². The van der Waals surface area contributed by atoms with Crippen molar-refractivity contribution >= 4 is 52.0 Å². The first-order valence-electron chi connectivity index (χ1n) is 14.4. The monoisotopic (exact) mass is 629 g/mol. The number of H-pyrrole nitrogens is 1. The maximum Gasteiger partial charge on any atom is 0.326 e. The number of carbonyl (C=O) groups excluding carboxylic acids is 5. The van der Waals surface area contributed by atoms with Crippen molar-refractivity contribution in [3.63, 3.8) is 0 Å². The number of benzene rings is 1. The van der Waals surface area contributed by atoms with Gasteiger partial charge in [0.15, 0.2) is 12.4 Å². The zero-order valence-corrected chi connectivity index (χ0v) is 26.6. The third-order valence-corrected chi connectivity index (χ3v) is 7.55. The van der Waals surface area contributed by atoms with Crippen molar-refractivity contribution in [2.45, 2.75) is 72.4 Å². The van der Waals surface area contributed by atoms with Gasteiger partial charge in [-0.2, -0.15) is 5.26 Å². The number of nitriles is 1. The Hall–Kier alpha value is -4.11. The second-order valence-corrected chi connectivity index (χ2v) is 13.2. The van der Waals surface area contributed by atoms with Crippen LogP contribution in [-0.2, 0) is 23.9 Å². The number of ketones is 1. The van der Waals surface area contributed by atoms with Gasteiger partial charge in [0.05, 0.1) is 24.7 Å². The number of methoxy groups -OCH3 is 1. The van der Waals surface area contributed by atoms with Crippen molar-refractivity contribution < 1.29 is 33.4 Å². The molecular formula is C31H40ClN5O7. The van der Waals surface area contributed by atoms with Crippen LogP contribution in [0.3, 0.4) is 0 Å². The molecule has 3 rings (SSSR count). The van der Waals surface area contributed by atoms with Gasteiger partial charge in [-0.1, -0.05) is 32.4 Å². The van der Waals surface area contributed by atoms with Crippen LogP contribution in [0, 0.1) is 28.1 Å². The molecule has 0 radical (unpaired) electrons. The lowest BCUT2D eigenvalue weighted by Crippen LogP contribution is -2.54. The van der Waals surface area contributed by atoms with E-state index in [-0.39, 0.29) is 24.4 Å². The summed E-state index contributed by atoms with van der Waals surface area (Å²) >= 11 is 6.16. The van der Waals surface area contributed by atoms with Crippen LogP contribution >= 0.6 is 11.6 Å². The number of hydrogen-bond donors (Lipinski definition) is 4. The second kappa shape index (κ2) is 14.1. The molecule has 0 spiro atoms. The summed E-state index contributed by atoms with van der Waals surface area (Å²) in [6.07, 6.45) is 1.42. The van der Waals surface area contributed by atoms with E-state index in [2.05, 4.69) is 20.9 Å². The van der Waals surface area contributed by atoms with Crippen molar-refractivity contribution in [2.24, 2.45) is 16.7 Å². The molecule has 2 heterocycles. The van der Waals surface area contributed by atoms with Crippen molar-refractivity contribution in [1.82, 2.24) is 20.9 Å². The Morgan fingerprint density at radius 2 is 1.82 bits per heavy atom. The van der Waals surface area contributed by atoms with Gasteiger partial charge in [-0.15, -0.1) is 0 Å². The van der Waals surface area contributed by atoms with E-state index >= 15 is 0 Å². The Morgan fingerprint density at radius 1 is 1.11 bits per heavy atom. The number of carbonyl (C=O) groups is 5. The molecule has 4 N–H and O–H groups in total. The number of halogens is 1. The molecule has 238 valence electrons. The summed E-state index contributed by atoms with van der Waals surface area (Å²) in [5, 5.41) is 18.5. The number of ether oxygens (including phenoxy) is 2. The van der Waals surface area contributed by atoms with E-state index in [4.69, 9.17) is 21.1 Å². The van der Waals surface area contributed by atoms with E-state index < -0.39 is 59.0 Å². The van der Waals surface area contributed by atoms with Crippen molar-refractivity contribution in [3.8, 4) is 11.8 Å². The van der Waals surface area contributed by atoms with Crippen LogP contribution in [0.4, 0.5) is 0 Å². The summed E-state index contributed by atoms with van der Waals surface area (Å²) in [5.41, 5.74) is -1.14. The number of rotatable bonds is 12. The SMILES string of the molecule is COc1cc(Cl)cc2[nH]c(C(=O)N[C@@H](CC(C)(C)C)C(=O)N[C@@H](C[C@@H]3CCCNC3=O)C(=O)COC(=O)C(C)(C)C#N)cc12. The molecule has 0 saturated carbocycles. The van der Waals surface area contributed by atoms with E-state index in [0.29, 0.717) is 41.1 Å². The number of nitrogens with zero attached hydrogens (tertiary/aromatic N) is 1. The number of Topliss-reactive ketones (excluding diaryl/α,β-unsaturated/α-hetero) is 1. The van der Waals surface area contributed by atoms with Crippen molar-refractivity contribution in [2.75, 3.05) is 20.3 Å². The van der Waals surface area contributed by atoms with Gasteiger partial charge in [-0.05, 0) is 63.1 Å². The third-order valence-electron chi connectivity index (χ3n) is 7.33. The number of amides is 3. The average Bonchev–Trinajstić information content (AvgIpc) is 3.39. The molecule has 3 atom stereocenters. The lowest BCUT2D eigenvalue weighted by Gasteiger charge is -2.30. The normalized spacial score (nSPS) is 16.7. The molecule has 1 aliphatic rings. The average molecular weight is 630 g/mol. The molecule has 0 bridgehead atoms. The van der Waals surface area contributed by atoms with Gasteiger partial charge in [0.25, 0.3) is 5.91 Å². The highest BCUT2D eigenvalue weighted by Gasteiger charge is 2.35. The molecule has 1 aromatic heterocycles. The molecule has 3 amide bonds. The molecule has 1 fully saturated rings. The minimum absolute atomic E-state index is 0.0195. The number of esters is 1. The number of aromatic nitrogens is 1. The van der Waals surface area contributed by atoms with Crippen LogP contribution in [0.15, 0.2) is 18.2 Å². The van der Waals surface area contributed by atoms with Crippen LogP contribution in [0.5, 0.6) is 5.75 Å². The summed E-state index contributed by atoms with van der Waals surface area (Å²) in [4.78, 5) is 68.2. The molecule has 1 saturated heterocycles. The molecule has 0 aliphatic carbocycles. The summed E-state index contributed by atoms with van der Waals surface area (Å²) in [5.74, 6) is -3.04. The van der Waals surface area contributed by atoms with E-state index in [1.807, 2.05) is 26.8 Å². The molecule has 12 nitrogen and oxygen atoms in total. The number of nitrogens with one attached hydrogen (secondary N) is 4. The quantitative estimate of drug-likeness (QED) is 0.258. The van der Waals surface area contributed by atoms with Crippen molar-refractivity contribution in [3.05, 3.63) is 28.9 Å². The van der Waals surface area contributed by atoms with Crippen LogP contribution in [0.1, 0.15) is 70.8 Å². The van der Waals surface area contributed by atoms with Gasteiger partial charge in [-0.3, -0.25) is 24.0 Å². The van der Waals surface area contributed by atoms with Crippen LogP contribution in [-0.4, -0.2) is 66.8 Å². The molecule has 0 unspecified atom stereocenters.